The van der Waals surface area contributed by atoms with E-state index in [0.29, 0.717) is 18.9 Å². The van der Waals surface area contributed by atoms with Crippen LogP contribution in [0.1, 0.15) is 48.5 Å². The van der Waals surface area contributed by atoms with Crippen molar-refractivity contribution in [2.75, 3.05) is 6.54 Å². The highest BCUT2D eigenvalue weighted by Crippen LogP contribution is 2.24. The molecule has 0 saturated carbocycles. The molecule has 1 atom stereocenters. The molecule has 0 spiro atoms. The van der Waals surface area contributed by atoms with E-state index in [-0.39, 0.29) is 11.9 Å². The Kier molecular flexibility index (Phi) is 6.04. The summed E-state index contributed by atoms with van der Waals surface area (Å²) in [5.41, 5.74) is 2.31. The molecule has 4 nitrogen and oxygen atoms in total. The monoisotopic (exact) mass is 373 g/mol. The summed E-state index contributed by atoms with van der Waals surface area (Å²) < 4.78 is 2.09. The van der Waals surface area contributed by atoms with Gasteiger partial charge in [-0.3, -0.25) is 4.79 Å². The van der Waals surface area contributed by atoms with Crippen LogP contribution < -0.4 is 5.32 Å². The Morgan fingerprint density at radius 2 is 2.08 bits per heavy atom. The molecule has 6 heteroatoms. The third-order valence-corrected chi connectivity index (χ3v) is 5.74. The number of carbonyl (C=O) groups excluding carboxylic acids is 1. The fraction of sp³-hybridized carbons (Fsp3) is 0.368. The van der Waals surface area contributed by atoms with Gasteiger partial charge in [0.25, 0.3) is 0 Å². The zero-order valence-corrected chi connectivity index (χ0v) is 16.1. The first kappa shape index (κ1) is 17.9. The Morgan fingerprint density at radius 1 is 1.28 bits per heavy atom. The van der Waals surface area contributed by atoms with Gasteiger partial charge in [0.05, 0.1) is 23.2 Å². The highest BCUT2D eigenvalue weighted by molar-refractivity contribution is 7.09. The van der Waals surface area contributed by atoms with Gasteiger partial charge >= 0.3 is 0 Å². The molecule has 1 amide bonds. The molecule has 3 aromatic heterocycles. The molecular formula is C19H23N3OS2. The van der Waals surface area contributed by atoms with Gasteiger partial charge in [-0.05, 0) is 40.4 Å². The summed E-state index contributed by atoms with van der Waals surface area (Å²) in [6.45, 7) is 4.92. The van der Waals surface area contributed by atoms with E-state index in [1.165, 1.54) is 5.56 Å². The smallest absolute Gasteiger partial charge is 0.222 e. The molecule has 0 radical (unpaired) electrons. The molecule has 0 aliphatic carbocycles. The van der Waals surface area contributed by atoms with Crippen molar-refractivity contribution in [3.05, 3.63) is 63.0 Å². The van der Waals surface area contributed by atoms with Crippen LogP contribution in [0.2, 0.25) is 0 Å². The minimum Gasteiger partial charge on any atom is -0.356 e. The molecule has 1 unspecified atom stereocenters. The van der Waals surface area contributed by atoms with Crippen molar-refractivity contribution in [3.63, 3.8) is 0 Å². The maximum atomic E-state index is 12.4. The van der Waals surface area contributed by atoms with Crippen LogP contribution in [0.25, 0.3) is 0 Å². The Hall–Kier alpha value is -1.92. The van der Waals surface area contributed by atoms with Crippen molar-refractivity contribution in [2.24, 2.45) is 0 Å². The summed E-state index contributed by atoms with van der Waals surface area (Å²) in [5, 5.41) is 10.4. The average molecular weight is 374 g/mol. The Labute approximate surface area is 156 Å². The Bertz CT molecular complexity index is 741. The fourth-order valence-corrected chi connectivity index (χ4v) is 4.34. The molecular weight excluding hydrogens is 350 g/mol. The number of carbonyl (C=O) groups is 1. The molecule has 25 heavy (non-hydrogen) atoms. The number of hydrogen-bond acceptors (Lipinski definition) is 4. The lowest BCUT2D eigenvalue weighted by molar-refractivity contribution is -0.121. The topological polar surface area (TPSA) is 46.9 Å². The van der Waals surface area contributed by atoms with Crippen molar-refractivity contribution < 1.29 is 4.79 Å². The SMILES string of the molecule is CC(C)c1csc(CCNC(=O)CC(c2ccsc2)n2cccc2)n1. The van der Waals surface area contributed by atoms with Crippen LogP contribution in [-0.2, 0) is 11.2 Å². The fourth-order valence-electron chi connectivity index (χ4n) is 2.68. The molecule has 0 saturated heterocycles. The molecule has 0 aliphatic heterocycles. The number of thiophene rings is 1. The Balaban J connectivity index is 1.53. The van der Waals surface area contributed by atoms with E-state index in [9.17, 15) is 4.79 Å². The van der Waals surface area contributed by atoms with Gasteiger partial charge < -0.3 is 9.88 Å². The summed E-state index contributed by atoms with van der Waals surface area (Å²) in [6.07, 6.45) is 5.26. The second kappa shape index (κ2) is 8.45. The van der Waals surface area contributed by atoms with Crippen molar-refractivity contribution in [2.45, 2.75) is 38.6 Å². The standard InChI is InChI=1S/C19H23N3OS2/c1-14(2)16-13-25-19(21-16)5-7-20-18(23)11-17(15-6-10-24-12-15)22-8-3-4-9-22/h3-4,6,8-10,12-14,17H,5,7,11H2,1-2H3,(H,20,23). The second-order valence-electron chi connectivity index (χ2n) is 6.33. The van der Waals surface area contributed by atoms with E-state index < -0.39 is 0 Å². The highest BCUT2D eigenvalue weighted by atomic mass is 32.1. The first-order chi connectivity index (χ1) is 12.1. The third-order valence-electron chi connectivity index (χ3n) is 4.12. The van der Waals surface area contributed by atoms with Gasteiger partial charge in [-0.15, -0.1) is 11.3 Å². The third kappa shape index (κ3) is 4.80. The molecule has 0 bridgehead atoms. The van der Waals surface area contributed by atoms with Crippen LogP contribution >= 0.6 is 22.7 Å². The zero-order valence-electron chi connectivity index (χ0n) is 14.5. The van der Waals surface area contributed by atoms with Crippen molar-refractivity contribution in [1.29, 1.82) is 0 Å². The van der Waals surface area contributed by atoms with Crippen LogP contribution in [0, 0.1) is 0 Å². The predicted octanol–water partition coefficient (Wildman–Crippen LogP) is 4.47. The lowest BCUT2D eigenvalue weighted by atomic mass is 10.1. The van der Waals surface area contributed by atoms with E-state index in [1.807, 2.05) is 24.5 Å². The maximum Gasteiger partial charge on any atom is 0.222 e. The second-order valence-corrected chi connectivity index (χ2v) is 8.05. The first-order valence-corrected chi connectivity index (χ1v) is 10.3. The average Bonchev–Trinajstić information content (AvgIpc) is 3.33. The van der Waals surface area contributed by atoms with Crippen molar-refractivity contribution in [3.8, 4) is 0 Å². The molecule has 132 valence electrons. The Morgan fingerprint density at radius 3 is 2.72 bits per heavy atom. The number of hydrogen-bond donors (Lipinski definition) is 1. The molecule has 1 N–H and O–H groups in total. The van der Waals surface area contributed by atoms with Crippen LogP contribution in [0.4, 0.5) is 0 Å². The van der Waals surface area contributed by atoms with Gasteiger partial charge in [-0.2, -0.15) is 11.3 Å². The van der Waals surface area contributed by atoms with Gasteiger partial charge in [0.2, 0.25) is 5.91 Å². The van der Waals surface area contributed by atoms with E-state index in [0.717, 1.165) is 17.1 Å². The normalized spacial score (nSPS) is 12.4. The summed E-state index contributed by atoms with van der Waals surface area (Å²) in [6, 6.07) is 6.12. The van der Waals surface area contributed by atoms with Crippen LogP contribution in [-0.4, -0.2) is 22.0 Å². The van der Waals surface area contributed by atoms with Crippen LogP contribution in [0.5, 0.6) is 0 Å². The van der Waals surface area contributed by atoms with E-state index >= 15 is 0 Å². The van der Waals surface area contributed by atoms with E-state index in [4.69, 9.17) is 0 Å². The van der Waals surface area contributed by atoms with Gasteiger partial charge in [0, 0.05) is 30.7 Å². The maximum absolute atomic E-state index is 12.4. The molecule has 0 aliphatic rings. The van der Waals surface area contributed by atoms with Gasteiger partial charge in [0.15, 0.2) is 0 Å². The minimum atomic E-state index is 0.0497. The zero-order chi connectivity index (χ0) is 17.6. The summed E-state index contributed by atoms with van der Waals surface area (Å²) >= 11 is 3.33. The van der Waals surface area contributed by atoms with Crippen molar-refractivity contribution in [1.82, 2.24) is 14.9 Å². The van der Waals surface area contributed by atoms with E-state index in [1.54, 1.807) is 22.7 Å². The summed E-state index contributed by atoms with van der Waals surface area (Å²) in [5.74, 6) is 0.526. The van der Waals surface area contributed by atoms with Gasteiger partial charge in [-0.25, -0.2) is 4.98 Å². The predicted molar refractivity (Wildman–Crippen MR) is 104 cm³/mol. The quantitative estimate of drug-likeness (QED) is 0.633. The first-order valence-electron chi connectivity index (χ1n) is 8.49. The van der Waals surface area contributed by atoms with Gasteiger partial charge in [0.1, 0.15) is 0 Å². The number of rotatable bonds is 8. The van der Waals surface area contributed by atoms with Gasteiger partial charge in [-0.1, -0.05) is 13.8 Å². The largest absolute Gasteiger partial charge is 0.356 e. The molecule has 3 aromatic rings. The number of nitrogens with zero attached hydrogens (tertiary/aromatic N) is 2. The molecule has 3 heterocycles. The highest BCUT2D eigenvalue weighted by Gasteiger charge is 2.17. The van der Waals surface area contributed by atoms with E-state index in [2.05, 4.69) is 50.9 Å². The number of nitrogens with one attached hydrogen (secondary N) is 1. The van der Waals surface area contributed by atoms with Crippen LogP contribution in [0.3, 0.4) is 0 Å². The number of amides is 1. The molecule has 0 fully saturated rings. The number of thiazole rings is 1. The minimum absolute atomic E-state index is 0.0497. The molecule has 3 rings (SSSR count). The number of aromatic nitrogens is 2. The van der Waals surface area contributed by atoms with Crippen molar-refractivity contribution >= 4 is 28.6 Å². The lowest BCUT2D eigenvalue weighted by Crippen LogP contribution is -2.28. The lowest BCUT2D eigenvalue weighted by Gasteiger charge is -2.17. The molecule has 0 aromatic carbocycles. The van der Waals surface area contributed by atoms with Crippen LogP contribution in [0.15, 0.2) is 46.7 Å². The summed E-state index contributed by atoms with van der Waals surface area (Å²) in [4.78, 5) is 17.0. The summed E-state index contributed by atoms with van der Waals surface area (Å²) in [7, 11) is 0.